The highest BCUT2D eigenvalue weighted by molar-refractivity contribution is 5.48. The van der Waals surface area contributed by atoms with Gasteiger partial charge in [0.15, 0.2) is 11.5 Å². The first-order valence-electron chi connectivity index (χ1n) is 6.79. The van der Waals surface area contributed by atoms with Crippen LogP contribution in [0.2, 0.25) is 0 Å². The summed E-state index contributed by atoms with van der Waals surface area (Å²) < 4.78 is 23.0. The molecule has 106 valence electrons. The van der Waals surface area contributed by atoms with E-state index < -0.39 is 5.97 Å². The van der Waals surface area contributed by atoms with Gasteiger partial charge in [0.25, 0.3) is 0 Å². The molecule has 0 bridgehead atoms. The molecule has 2 rings (SSSR count). The molecule has 1 aromatic carbocycles. The first kappa shape index (κ1) is 14.2. The molecular weight excluding hydrogens is 244 g/mol. The second-order valence-electron chi connectivity index (χ2n) is 4.63. The maximum absolute atomic E-state index is 6.07. The normalized spacial score (nSPS) is 20.5. The van der Waals surface area contributed by atoms with E-state index in [9.17, 15) is 0 Å². The molecule has 0 amide bonds. The summed E-state index contributed by atoms with van der Waals surface area (Å²) in [5, 5.41) is 0. The van der Waals surface area contributed by atoms with Crippen molar-refractivity contribution in [2.75, 3.05) is 20.3 Å². The molecule has 0 fully saturated rings. The zero-order valence-corrected chi connectivity index (χ0v) is 12.1. The van der Waals surface area contributed by atoms with Gasteiger partial charge in [-0.25, -0.2) is 0 Å². The summed E-state index contributed by atoms with van der Waals surface area (Å²) in [6.45, 7) is 7.03. The highest BCUT2D eigenvalue weighted by Crippen LogP contribution is 2.43. The Hall–Kier alpha value is -1.26. The topological polar surface area (TPSA) is 36.9 Å². The van der Waals surface area contributed by atoms with Gasteiger partial charge in [-0.3, -0.25) is 0 Å². The van der Waals surface area contributed by atoms with Gasteiger partial charge in [-0.15, -0.1) is 0 Å². The molecule has 1 heterocycles. The van der Waals surface area contributed by atoms with Crippen molar-refractivity contribution in [1.82, 2.24) is 0 Å². The van der Waals surface area contributed by atoms with Gasteiger partial charge in [0, 0.05) is 0 Å². The van der Waals surface area contributed by atoms with Crippen molar-refractivity contribution in [2.45, 2.75) is 33.2 Å². The number of fused-ring (bicyclic) bond motifs is 1. The van der Waals surface area contributed by atoms with Crippen LogP contribution in [0.4, 0.5) is 0 Å². The van der Waals surface area contributed by atoms with E-state index in [1.54, 1.807) is 7.11 Å². The number of rotatable bonds is 5. The molecule has 4 heteroatoms. The lowest BCUT2D eigenvalue weighted by atomic mass is 9.94. The lowest BCUT2D eigenvalue weighted by molar-refractivity contribution is -0.369. The van der Waals surface area contributed by atoms with E-state index in [0.717, 1.165) is 17.7 Å². The van der Waals surface area contributed by atoms with E-state index in [4.69, 9.17) is 18.9 Å². The molecule has 1 aromatic rings. The van der Waals surface area contributed by atoms with Crippen molar-refractivity contribution in [2.24, 2.45) is 5.92 Å². The van der Waals surface area contributed by atoms with Gasteiger partial charge >= 0.3 is 5.97 Å². The molecule has 0 aromatic heterocycles. The van der Waals surface area contributed by atoms with Crippen LogP contribution in [0.25, 0.3) is 0 Å². The van der Waals surface area contributed by atoms with Crippen molar-refractivity contribution < 1.29 is 18.9 Å². The Morgan fingerprint density at radius 1 is 1.26 bits per heavy atom. The van der Waals surface area contributed by atoms with Crippen LogP contribution in [0.15, 0.2) is 18.2 Å². The van der Waals surface area contributed by atoms with E-state index in [1.165, 1.54) is 0 Å². The van der Waals surface area contributed by atoms with E-state index in [-0.39, 0.29) is 5.92 Å². The van der Waals surface area contributed by atoms with Crippen LogP contribution in [-0.4, -0.2) is 26.3 Å². The molecular formula is C15H22O4. The Morgan fingerprint density at radius 2 is 1.95 bits per heavy atom. The van der Waals surface area contributed by atoms with Crippen LogP contribution in [0.3, 0.4) is 0 Å². The Kier molecular flexibility index (Phi) is 4.32. The number of hydrogen-bond acceptors (Lipinski definition) is 4. The number of ether oxygens (including phenoxy) is 4. The zero-order chi connectivity index (χ0) is 13.9. The number of hydrogen-bond donors (Lipinski definition) is 0. The third-order valence-corrected chi connectivity index (χ3v) is 3.35. The third kappa shape index (κ3) is 2.55. The maximum atomic E-state index is 6.07. The fourth-order valence-corrected chi connectivity index (χ4v) is 2.48. The molecule has 0 N–H and O–H groups in total. The molecule has 0 saturated carbocycles. The van der Waals surface area contributed by atoms with Crippen LogP contribution < -0.4 is 9.47 Å². The maximum Gasteiger partial charge on any atom is 0.330 e. The molecule has 0 aliphatic carbocycles. The Balaban J connectivity index is 2.39. The first-order valence-corrected chi connectivity index (χ1v) is 6.79. The lowest BCUT2D eigenvalue weighted by Crippen LogP contribution is -2.51. The van der Waals surface area contributed by atoms with Crippen molar-refractivity contribution in [3.63, 3.8) is 0 Å². The van der Waals surface area contributed by atoms with Gasteiger partial charge in [0.2, 0.25) is 0 Å². The highest BCUT2D eigenvalue weighted by Gasteiger charge is 2.45. The molecule has 0 saturated heterocycles. The standard InChI is InChI=1S/C15H22O4/c1-5-17-15(18-6-2)11(3)10-12-8-7-9-13(16-4)14(12)19-15/h7-9,11H,5-6,10H2,1-4H3. The van der Waals surface area contributed by atoms with Gasteiger partial charge in [-0.05, 0) is 31.9 Å². The average molecular weight is 266 g/mol. The van der Waals surface area contributed by atoms with Gasteiger partial charge in [0.1, 0.15) is 0 Å². The predicted octanol–water partition coefficient (Wildman–Crippen LogP) is 2.99. The van der Waals surface area contributed by atoms with Crippen molar-refractivity contribution in [3.05, 3.63) is 23.8 Å². The van der Waals surface area contributed by atoms with E-state index >= 15 is 0 Å². The smallest absolute Gasteiger partial charge is 0.330 e. The summed E-state index contributed by atoms with van der Waals surface area (Å²) in [6, 6.07) is 5.91. The second kappa shape index (κ2) is 5.80. The summed E-state index contributed by atoms with van der Waals surface area (Å²) in [5.41, 5.74) is 1.13. The molecule has 0 spiro atoms. The van der Waals surface area contributed by atoms with Crippen molar-refractivity contribution in [1.29, 1.82) is 0 Å². The summed E-state index contributed by atoms with van der Waals surface area (Å²) in [6.07, 6.45) is 0.840. The summed E-state index contributed by atoms with van der Waals surface area (Å²) in [7, 11) is 1.64. The molecule has 19 heavy (non-hydrogen) atoms. The quantitative estimate of drug-likeness (QED) is 0.768. The third-order valence-electron chi connectivity index (χ3n) is 3.35. The molecule has 1 atom stereocenters. The van der Waals surface area contributed by atoms with E-state index in [1.807, 2.05) is 26.0 Å². The van der Waals surface area contributed by atoms with Gasteiger partial charge in [-0.1, -0.05) is 19.1 Å². The molecule has 4 nitrogen and oxygen atoms in total. The SMILES string of the molecule is CCOC1(OCC)Oc2c(cccc2OC)CC1C. The van der Waals surface area contributed by atoms with Gasteiger partial charge < -0.3 is 18.9 Å². The number of methoxy groups -OCH3 is 1. The van der Waals surface area contributed by atoms with Gasteiger partial charge in [0.05, 0.1) is 26.2 Å². The minimum absolute atomic E-state index is 0.118. The lowest BCUT2D eigenvalue weighted by Gasteiger charge is -2.41. The monoisotopic (exact) mass is 266 g/mol. The first-order chi connectivity index (χ1) is 9.16. The number of para-hydroxylation sites is 1. The summed E-state index contributed by atoms with van der Waals surface area (Å²) in [5.74, 6) is 0.552. The van der Waals surface area contributed by atoms with Crippen LogP contribution in [-0.2, 0) is 15.9 Å². The van der Waals surface area contributed by atoms with Crippen LogP contribution in [0.1, 0.15) is 26.3 Å². The minimum atomic E-state index is -1.01. The summed E-state index contributed by atoms with van der Waals surface area (Å²) >= 11 is 0. The van der Waals surface area contributed by atoms with E-state index in [0.29, 0.717) is 19.0 Å². The molecule has 0 radical (unpaired) electrons. The molecule has 1 unspecified atom stereocenters. The molecule has 1 aliphatic rings. The van der Waals surface area contributed by atoms with E-state index in [2.05, 4.69) is 13.0 Å². The Labute approximate surface area is 114 Å². The van der Waals surface area contributed by atoms with Crippen LogP contribution in [0, 0.1) is 5.92 Å². The highest BCUT2D eigenvalue weighted by atomic mass is 16.9. The fraction of sp³-hybridized carbons (Fsp3) is 0.600. The predicted molar refractivity (Wildman–Crippen MR) is 72.5 cm³/mol. The van der Waals surface area contributed by atoms with Gasteiger partial charge in [-0.2, -0.15) is 0 Å². The Bertz CT molecular complexity index is 424. The van der Waals surface area contributed by atoms with Crippen LogP contribution in [0.5, 0.6) is 11.5 Å². The average Bonchev–Trinajstić information content (AvgIpc) is 2.40. The molecule has 1 aliphatic heterocycles. The number of benzene rings is 1. The van der Waals surface area contributed by atoms with Crippen molar-refractivity contribution >= 4 is 0 Å². The summed E-state index contributed by atoms with van der Waals surface area (Å²) in [4.78, 5) is 0. The fourth-order valence-electron chi connectivity index (χ4n) is 2.48. The Morgan fingerprint density at radius 3 is 2.53 bits per heavy atom. The second-order valence-corrected chi connectivity index (χ2v) is 4.63. The largest absolute Gasteiger partial charge is 0.493 e. The van der Waals surface area contributed by atoms with Crippen molar-refractivity contribution in [3.8, 4) is 11.5 Å². The van der Waals surface area contributed by atoms with Crippen LogP contribution >= 0.6 is 0 Å². The minimum Gasteiger partial charge on any atom is -0.493 e. The zero-order valence-electron chi connectivity index (χ0n) is 12.1.